The summed E-state index contributed by atoms with van der Waals surface area (Å²) < 4.78 is 0. The van der Waals surface area contributed by atoms with Gasteiger partial charge in [0, 0.05) is 38.9 Å². The number of thioether (sulfide) groups is 1. The first kappa shape index (κ1) is 17.9. The Hall–Kier alpha value is -1.43. The maximum atomic E-state index is 4.53. The van der Waals surface area contributed by atoms with Crippen molar-refractivity contribution < 1.29 is 0 Å². The van der Waals surface area contributed by atoms with Gasteiger partial charge in [-0.3, -0.25) is 4.99 Å². The molecule has 1 aromatic rings. The fourth-order valence-corrected chi connectivity index (χ4v) is 3.14. The van der Waals surface area contributed by atoms with Crippen LogP contribution < -0.4 is 15.5 Å². The molecule has 0 atom stereocenters. The van der Waals surface area contributed by atoms with Crippen LogP contribution in [0.1, 0.15) is 24.8 Å². The monoisotopic (exact) mass is 335 g/mol. The highest BCUT2D eigenvalue weighted by atomic mass is 32.2. The first-order chi connectivity index (χ1) is 11.2. The summed E-state index contributed by atoms with van der Waals surface area (Å²) in [4.78, 5) is 11.2. The highest BCUT2D eigenvalue weighted by molar-refractivity contribution is 7.98. The number of aromatic nitrogens is 1. The minimum Gasteiger partial charge on any atom is -0.356 e. The van der Waals surface area contributed by atoms with Crippen LogP contribution in [0.5, 0.6) is 0 Å². The van der Waals surface area contributed by atoms with Gasteiger partial charge >= 0.3 is 0 Å². The maximum absolute atomic E-state index is 4.53. The second-order valence-electron chi connectivity index (χ2n) is 5.94. The predicted molar refractivity (Wildman–Crippen MR) is 102 cm³/mol. The van der Waals surface area contributed by atoms with Crippen molar-refractivity contribution >= 4 is 23.5 Å². The SMILES string of the molecule is CN=C(NCCCSC)NC1CCN(c2ccc(C)cn2)CC1. The molecule has 0 amide bonds. The molecule has 1 fully saturated rings. The summed E-state index contributed by atoms with van der Waals surface area (Å²) in [7, 11) is 1.84. The quantitative estimate of drug-likeness (QED) is 0.474. The zero-order valence-corrected chi connectivity index (χ0v) is 15.3. The highest BCUT2D eigenvalue weighted by Gasteiger charge is 2.20. The third-order valence-electron chi connectivity index (χ3n) is 4.10. The Bertz CT molecular complexity index is 480. The maximum Gasteiger partial charge on any atom is 0.191 e. The van der Waals surface area contributed by atoms with E-state index in [0.29, 0.717) is 6.04 Å². The van der Waals surface area contributed by atoms with Gasteiger partial charge in [0.15, 0.2) is 5.96 Å². The second-order valence-corrected chi connectivity index (χ2v) is 6.93. The van der Waals surface area contributed by atoms with Crippen LogP contribution in [-0.4, -0.2) is 55.7 Å². The summed E-state index contributed by atoms with van der Waals surface area (Å²) in [6.07, 6.45) is 7.48. The van der Waals surface area contributed by atoms with E-state index in [-0.39, 0.29) is 0 Å². The summed E-state index contributed by atoms with van der Waals surface area (Å²) >= 11 is 1.88. The highest BCUT2D eigenvalue weighted by Crippen LogP contribution is 2.17. The van der Waals surface area contributed by atoms with Gasteiger partial charge < -0.3 is 15.5 Å². The lowest BCUT2D eigenvalue weighted by Crippen LogP contribution is -2.49. The van der Waals surface area contributed by atoms with Crippen molar-refractivity contribution in [3.8, 4) is 0 Å². The summed E-state index contributed by atoms with van der Waals surface area (Å²) in [6, 6.07) is 4.74. The number of hydrogen-bond donors (Lipinski definition) is 2. The molecule has 1 saturated heterocycles. The summed E-state index contributed by atoms with van der Waals surface area (Å²) in [5.41, 5.74) is 1.21. The average Bonchev–Trinajstić information content (AvgIpc) is 2.59. The molecule has 0 unspecified atom stereocenters. The van der Waals surface area contributed by atoms with E-state index in [9.17, 15) is 0 Å². The van der Waals surface area contributed by atoms with Gasteiger partial charge in [0.1, 0.15) is 5.82 Å². The van der Waals surface area contributed by atoms with E-state index in [2.05, 4.69) is 50.8 Å². The number of nitrogens with zero attached hydrogens (tertiary/aromatic N) is 3. The van der Waals surface area contributed by atoms with Crippen LogP contribution in [0, 0.1) is 6.92 Å². The van der Waals surface area contributed by atoms with E-state index in [0.717, 1.165) is 44.3 Å². The molecule has 6 heteroatoms. The molecule has 0 spiro atoms. The molecule has 5 nitrogen and oxygen atoms in total. The molecule has 0 bridgehead atoms. The number of piperidine rings is 1. The largest absolute Gasteiger partial charge is 0.356 e. The predicted octanol–water partition coefficient (Wildman–Crippen LogP) is 2.28. The fraction of sp³-hybridized carbons (Fsp3) is 0.647. The summed E-state index contributed by atoms with van der Waals surface area (Å²) in [5.74, 6) is 3.21. The van der Waals surface area contributed by atoms with E-state index in [1.165, 1.54) is 17.7 Å². The summed E-state index contributed by atoms with van der Waals surface area (Å²) in [6.45, 7) is 5.13. The number of anilines is 1. The smallest absolute Gasteiger partial charge is 0.191 e. The minimum atomic E-state index is 0.489. The van der Waals surface area contributed by atoms with Gasteiger partial charge in [-0.25, -0.2) is 4.98 Å². The van der Waals surface area contributed by atoms with Crippen molar-refractivity contribution in [2.24, 2.45) is 4.99 Å². The van der Waals surface area contributed by atoms with Crippen LogP contribution in [0.4, 0.5) is 5.82 Å². The molecular weight excluding hydrogens is 306 g/mol. The van der Waals surface area contributed by atoms with Gasteiger partial charge in [-0.15, -0.1) is 0 Å². The van der Waals surface area contributed by atoms with Crippen LogP contribution in [0.25, 0.3) is 0 Å². The molecule has 0 saturated carbocycles. The average molecular weight is 336 g/mol. The first-order valence-electron chi connectivity index (χ1n) is 8.36. The van der Waals surface area contributed by atoms with E-state index >= 15 is 0 Å². The van der Waals surface area contributed by atoms with Crippen LogP contribution in [0.15, 0.2) is 23.3 Å². The standard InChI is InChI=1S/C17H29N5S/c1-14-5-6-16(20-13-14)22-10-7-15(8-11-22)21-17(18-2)19-9-4-12-23-3/h5-6,13,15H,4,7-12H2,1-3H3,(H2,18,19,21). The zero-order chi connectivity index (χ0) is 16.5. The first-order valence-corrected chi connectivity index (χ1v) is 9.76. The summed E-state index contributed by atoms with van der Waals surface area (Å²) in [5, 5.41) is 6.95. The third-order valence-corrected chi connectivity index (χ3v) is 4.79. The van der Waals surface area contributed by atoms with Gasteiger partial charge in [-0.2, -0.15) is 11.8 Å². The zero-order valence-electron chi connectivity index (χ0n) is 14.5. The molecule has 1 aliphatic rings. The molecule has 1 aliphatic heterocycles. The van der Waals surface area contributed by atoms with Crippen LogP contribution >= 0.6 is 11.8 Å². The molecule has 1 aromatic heterocycles. The molecule has 0 aliphatic carbocycles. The Labute approximate surface area is 144 Å². The van der Waals surface area contributed by atoms with E-state index in [1.807, 2.05) is 25.0 Å². The van der Waals surface area contributed by atoms with Crippen molar-refractivity contribution in [3.63, 3.8) is 0 Å². The number of rotatable bonds is 6. The van der Waals surface area contributed by atoms with Crippen molar-refractivity contribution in [1.82, 2.24) is 15.6 Å². The lowest BCUT2D eigenvalue weighted by Gasteiger charge is -2.33. The van der Waals surface area contributed by atoms with E-state index in [4.69, 9.17) is 0 Å². The Morgan fingerprint density at radius 2 is 2.17 bits per heavy atom. The number of pyridine rings is 1. The second kappa shape index (κ2) is 9.65. The Kier molecular flexibility index (Phi) is 7.52. The number of guanidine groups is 1. The molecule has 0 radical (unpaired) electrons. The van der Waals surface area contributed by atoms with Crippen molar-refractivity contribution in [2.45, 2.75) is 32.2 Å². The minimum absolute atomic E-state index is 0.489. The van der Waals surface area contributed by atoms with Crippen molar-refractivity contribution in [1.29, 1.82) is 0 Å². The van der Waals surface area contributed by atoms with Gasteiger partial charge in [-0.1, -0.05) is 6.07 Å². The molecule has 2 heterocycles. The lowest BCUT2D eigenvalue weighted by atomic mass is 10.1. The Balaban J connectivity index is 1.74. The molecule has 23 heavy (non-hydrogen) atoms. The van der Waals surface area contributed by atoms with Gasteiger partial charge in [0.2, 0.25) is 0 Å². The number of nitrogens with one attached hydrogen (secondary N) is 2. The number of aliphatic imine (C=N–C) groups is 1. The van der Waals surface area contributed by atoms with Crippen LogP contribution in [0.2, 0.25) is 0 Å². The van der Waals surface area contributed by atoms with Crippen molar-refractivity contribution in [3.05, 3.63) is 23.9 Å². The van der Waals surface area contributed by atoms with Crippen LogP contribution in [0.3, 0.4) is 0 Å². The topological polar surface area (TPSA) is 52.6 Å². The lowest BCUT2D eigenvalue weighted by molar-refractivity contribution is 0.459. The Morgan fingerprint density at radius 3 is 2.78 bits per heavy atom. The van der Waals surface area contributed by atoms with Gasteiger partial charge in [0.25, 0.3) is 0 Å². The molecular formula is C17H29N5S. The van der Waals surface area contributed by atoms with Gasteiger partial charge in [-0.05, 0) is 49.8 Å². The molecule has 2 N–H and O–H groups in total. The number of hydrogen-bond acceptors (Lipinski definition) is 4. The number of aryl methyl sites for hydroxylation is 1. The van der Waals surface area contributed by atoms with E-state index < -0.39 is 0 Å². The normalized spacial score (nSPS) is 16.5. The molecule has 128 valence electrons. The molecule has 2 rings (SSSR count). The third kappa shape index (κ3) is 5.94. The van der Waals surface area contributed by atoms with E-state index in [1.54, 1.807) is 0 Å². The fourth-order valence-electron chi connectivity index (χ4n) is 2.71. The van der Waals surface area contributed by atoms with Crippen LogP contribution in [-0.2, 0) is 0 Å². The van der Waals surface area contributed by atoms with Gasteiger partial charge in [0.05, 0.1) is 0 Å². The molecule has 0 aromatic carbocycles. The van der Waals surface area contributed by atoms with Crippen molar-refractivity contribution in [2.75, 3.05) is 43.6 Å². The Morgan fingerprint density at radius 1 is 1.39 bits per heavy atom.